The summed E-state index contributed by atoms with van der Waals surface area (Å²) < 4.78 is 11.3. The lowest BCUT2D eigenvalue weighted by atomic mass is 10.3. The zero-order valence-corrected chi connectivity index (χ0v) is 13.0. The quantitative estimate of drug-likeness (QED) is 0.780. The number of hydrogen-bond donors (Lipinski definition) is 1. The zero-order valence-electron chi connectivity index (χ0n) is 12.2. The molecule has 20 heavy (non-hydrogen) atoms. The topological polar surface area (TPSA) is 34.4 Å². The van der Waals surface area contributed by atoms with Gasteiger partial charge in [-0.25, -0.2) is 0 Å². The molecular formula is C16H21NO2S. The zero-order chi connectivity index (χ0) is 14.4. The fourth-order valence-corrected chi connectivity index (χ4v) is 2.35. The van der Waals surface area contributed by atoms with E-state index in [9.17, 15) is 0 Å². The fourth-order valence-electron chi connectivity index (χ4n) is 1.80. The Bertz CT molecular complexity index is 537. The molecule has 1 aromatic carbocycles. The summed E-state index contributed by atoms with van der Waals surface area (Å²) in [6, 6.07) is 10.5. The van der Waals surface area contributed by atoms with Crippen molar-refractivity contribution in [2.24, 2.45) is 0 Å². The van der Waals surface area contributed by atoms with Gasteiger partial charge in [-0.2, -0.15) is 0 Å². The van der Waals surface area contributed by atoms with Gasteiger partial charge in [0, 0.05) is 23.0 Å². The van der Waals surface area contributed by atoms with Crippen molar-refractivity contribution in [3.63, 3.8) is 0 Å². The highest BCUT2D eigenvalue weighted by Gasteiger charge is 2.06. The summed E-state index contributed by atoms with van der Waals surface area (Å²) in [5.41, 5.74) is 1.15. The average molecular weight is 291 g/mol. The SMILES string of the molecule is CSc1ccccc1OCc1cc(CNC(C)C)co1. The number of rotatable bonds is 7. The van der Waals surface area contributed by atoms with Crippen molar-refractivity contribution in [1.29, 1.82) is 0 Å². The molecule has 1 N–H and O–H groups in total. The first-order valence-electron chi connectivity index (χ1n) is 6.74. The summed E-state index contributed by atoms with van der Waals surface area (Å²) in [6.45, 7) is 5.54. The first kappa shape index (κ1) is 15.0. The molecule has 0 bridgehead atoms. The Kier molecular flexibility index (Phi) is 5.56. The van der Waals surface area contributed by atoms with Crippen LogP contribution in [0.3, 0.4) is 0 Å². The highest BCUT2D eigenvalue weighted by atomic mass is 32.2. The minimum atomic E-state index is 0.458. The molecule has 108 valence electrons. The van der Waals surface area contributed by atoms with Gasteiger partial charge in [0.2, 0.25) is 0 Å². The smallest absolute Gasteiger partial charge is 0.146 e. The molecule has 4 heteroatoms. The van der Waals surface area contributed by atoms with E-state index in [0.29, 0.717) is 12.6 Å². The van der Waals surface area contributed by atoms with Crippen molar-refractivity contribution in [2.75, 3.05) is 6.26 Å². The van der Waals surface area contributed by atoms with E-state index in [0.717, 1.165) is 28.5 Å². The van der Waals surface area contributed by atoms with Crippen molar-refractivity contribution in [3.05, 3.63) is 47.9 Å². The Morgan fingerprint density at radius 1 is 1.30 bits per heavy atom. The molecule has 1 aromatic heterocycles. The van der Waals surface area contributed by atoms with Gasteiger partial charge in [0.05, 0.1) is 6.26 Å². The van der Waals surface area contributed by atoms with Crippen LogP contribution in [0.1, 0.15) is 25.2 Å². The third kappa shape index (κ3) is 4.32. The van der Waals surface area contributed by atoms with Crippen LogP contribution in [0.25, 0.3) is 0 Å². The van der Waals surface area contributed by atoms with Crippen molar-refractivity contribution in [1.82, 2.24) is 5.32 Å². The molecule has 2 rings (SSSR count). The van der Waals surface area contributed by atoms with Crippen LogP contribution in [0.5, 0.6) is 5.75 Å². The Hall–Kier alpha value is -1.39. The Balaban J connectivity index is 1.91. The van der Waals surface area contributed by atoms with Crippen molar-refractivity contribution >= 4 is 11.8 Å². The lowest BCUT2D eigenvalue weighted by Crippen LogP contribution is -2.21. The van der Waals surface area contributed by atoms with E-state index in [1.165, 1.54) is 0 Å². The van der Waals surface area contributed by atoms with Gasteiger partial charge in [-0.05, 0) is 24.5 Å². The molecule has 2 aromatic rings. The van der Waals surface area contributed by atoms with E-state index >= 15 is 0 Å². The van der Waals surface area contributed by atoms with Crippen LogP contribution in [0.4, 0.5) is 0 Å². The first-order chi connectivity index (χ1) is 9.69. The van der Waals surface area contributed by atoms with Crippen molar-refractivity contribution in [2.45, 2.75) is 37.9 Å². The predicted octanol–water partition coefficient (Wildman–Crippen LogP) is 4.08. The van der Waals surface area contributed by atoms with Crippen LogP contribution in [0.2, 0.25) is 0 Å². The van der Waals surface area contributed by atoms with E-state index in [4.69, 9.17) is 9.15 Å². The molecule has 0 atom stereocenters. The Morgan fingerprint density at radius 2 is 2.10 bits per heavy atom. The number of benzene rings is 1. The number of nitrogens with one attached hydrogen (secondary N) is 1. The van der Waals surface area contributed by atoms with E-state index in [1.54, 1.807) is 18.0 Å². The summed E-state index contributed by atoms with van der Waals surface area (Å²) in [4.78, 5) is 1.14. The van der Waals surface area contributed by atoms with Crippen molar-refractivity contribution < 1.29 is 9.15 Å². The number of hydrogen-bond acceptors (Lipinski definition) is 4. The third-order valence-electron chi connectivity index (χ3n) is 2.86. The van der Waals surface area contributed by atoms with E-state index < -0.39 is 0 Å². The normalized spacial score (nSPS) is 11.0. The fraction of sp³-hybridized carbons (Fsp3) is 0.375. The van der Waals surface area contributed by atoms with Gasteiger partial charge >= 0.3 is 0 Å². The van der Waals surface area contributed by atoms with Crippen LogP contribution in [-0.2, 0) is 13.2 Å². The lowest BCUT2D eigenvalue weighted by molar-refractivity contribution is 0.264. The Morgan fingerprint density at radius 3 is 2.85 bits per heavy atom. The summed E-state index contributed by atoms with van der Waals surface area (Å²) in [7, 11) is 0. The van der Waals surface area contributed by atoms with Gasteiger partial charge in [-0.1, -0.05) is 26.0 Å². The van der Waals surface area contributed by atoms with Gasteiger partial charge in [-0.15, -0.1) is 11.8 Å². The highest BCUT2D eigenvalue weighted by molar-refractivity contribution is 7.98. The summed E-state index contributed by atoms with van der Waals surface area (Å²) in [5, 5.41) is 3.36. The predicted molar refractivity (Wildman–Crippen MR) is 83.2 cm³/mol. The van der Waals surface area contributed by atoms with Gasteiger partial charge < -0.3 is 14.5 Å². The molecule has 1 heterocycles. The summed E-state index contributed by atoms with van der Waals surface area (Å²) in [5.74, 6) is 1.75. The number of ether oxygens (including phenoxy) is 1. The molecule has 0 saturated carbocycles. The first-order valence-corrected chi connectivity index (χ1v) is 7.97. The largest absolute Gasteiger partial charge is 0.484 e. The molecule has 0 saturated heterocycles. The molecule has 0 radical (unpaired) electrons. The second-order valence-electron chi connectivity index (χ2n) is 4.90. The highest BCUT2D eigenvalue weighted by Crippen LogP contribution is 2.27. The van der Waals surface area contributed by atoms with E-state index in [-0.39, 0.29) is 0 Å². The lowest BCUT2D eigenvalue weighted by Gasteiger charge is -2.08. The standard InChI is InChI=1S/C16H21NO2S/c1-12(2)17-9-13-8-14(18-10-13)11-19-15-6-4-5-7-16(15)20-3/h4-8,10,12,17H,9,11H2,1-3H3. The maximum absolute atomic E-state index is 5.82. The van der Waals surface area contributed by atoms with Crippen LogP contribution in [0, 0.1) is 0 Å². The number of thioether (sulfide) groups is 1. The minimum Gasteiger partial charge on any atom is -0.484 e. The van der Waals surface area contributed by atoms with Crippen LogP contribution < -0.4 is 10.1 Å². The summed E-state index contributed by atoms with van der Waals surface area (Å²) in [6.07, 6.45) is 3.83. The second kappa shape index (κ2) is 7.41. The van der Waals surface area contributed by atoms with Gasteiger partial charge in [0.15, 0.2) is 0 Å². The monoisotopic (exact) mass is 291 g/mol. The molecule has 0 spiro atoms. The molecule has 0 aliphatic heterocycles. The second-order valence-corrected chi connectivity index (χ2v) is 5.74. The Labute approximate surface area is 124 Å². The van der Waals surface area contributed by atoms with Crippen LogP contribution in [-0.4, -0.2) is 12.3 Å². The number of para-hydroxylation sites is 1. The van der Waals surface area contributed by atoms with Crippen molar-refractivity contribution in [3.8, 4) is 5.75 Å². The maximum atomic E-state index is 5.82. The molecule has 0 unspecified atom stereocenters. The van der Waals surface area contributed by atoms with Crippen LogP contribution in [0.15, 0.2) is 45.9 Å². The average Bonchev–Trinajstić information content (AvgIpc) is 2.91. The van der Waals surface area contributed by atoms with Gasteiger partial charge in [0.25, 0.3) is 0 Å². The molecule has 0 aliphatic rings. The van der Waals surface area contributed by atoms with E-state index in [2.05, 4.69) is 25.2 Å². The molecular weight excluding hydrogens is 270 g/mol. The van der Waals surface area contributed by atoms with E-state index in [1.807, 2.05) is 30.5 Å². The maximum Gasteiger partial charge on any atom is 0.146 e. The van der Waals surface area contributed by atoms with Gasteiger partial charge in [0.1, 0.15) is 18.1 Å². The number of furan rings is 1. The van der Waals surface area contributed by atoms with Crippen LogP contribution >= 0.6 is 11.8 Å². The molecule has 3 nitrogen and oxygen atoms in total. The molecule has 0 amide bonds. The summed E-state index contributed by atoms with van der Waals surface area (Å²) >= 11 is 1.68. The minimum absolute atomic E-state index is 0.458. The molecule has 0 aliphatic carbocycles. The third-order valence-corrected chi connectivity index (χ3v) is 3.64. The molecule has 0 fully saturated rings. The van der Waals surface area contributed by atoms with Gasteiger partial charge in [-0.3, -0.25) is 0 Å².